The van der Waals surface area contributed by atoms with Crippen molar-refractivity contribution in [2.45, 2.75) is 44.7 Å². The van der Waals surface area contributed by atoms with E-state index in [1.807, 2.05) is 6.92 Å². The standard InChI is InChI=1S/C13H22N2O3/c1-3-10-12(16)14-11(9-5-6-9)13(17)15(10)7-4-8-18-2/h9-11H,3-8H2,1-2H3,(H,14,16). The third-order valence-corrected chi connectivity index (χ3v) is 3.75. The van der Waals surface area contributed by atoms with Crippen molar-refractivity contribution >= 4 is 11.8 Å². The van der Waals surface area contributed by atoms with Crippen molar-refractivity contribution in [3.63, 3.8) is 0 Å². The number of hydrogen-bond acceptors (Lipinski definition) is 3. The van der Waals surface area contributed by atoms with Gasteiger partial charge in [-0.3, -0.25) is 9.59 Å². The molecule has 1 N–H and O–H groups in total. The highest BCUT2D eigenvalue weighted by molar-refractivity contribution is 5.97. The molecule has 2 fully saturated rings. The Balaban J connectivity index is 2.03. The van der Waals surface area contributed by atoms with E-state index in [9.17, 15) is 9.59 Å². The Morgan fingerprint density at radius 2 is 2.11 bits per heavy atom. The van der Waals surface area contributed by atoms with Crippen molar-refractivity contribution in [2.75, 3.05) is 20.3 Å². The lowest BCUT2D eigenvalue weighted by atomic mass is 10.0. The van der Waals surface area contributed by atoms with E-state index in [2.05, 4.69) is 5.32 Å². The summed E-state index contributed by atoms with van der Waals surface area (Å²) >= 11 is 0. The lowest BCUT2D eigenvalue weighted by molar-refractivity contribution is -0.150. The van der Waals surface area contributed by atoms with Crippen LogP contribution < -0.4 is 5.32 Å². The number of piperazine rings is 1. The van der Waals surface area contributed by atoms with Gasteiger partial charge in [-0.15, -0.1) is 0 Å². The second kappa shape index (κ2) is 5.69. The monoisotopic (exact) mass is 254 g/mol. The Bertz CT molecular complexity index is 328. The maximum atomic E-state index is 12.4. The Hall–Kier alpha value is -1.10. The molecule has 1 heterocycles. The highest BCUT2D eigenvalue weighted by Crippen LogP contribution is 2.35. The molecule has 0 radical (unpaired) electrons. The largest absolute Gasteiger partial charge is 0.385 e. The van der Waals surface area contributed by atoms with Crippen LogP contribution >= 0.6 is 0 Å². The molecule has 0 bridgehead atoms. The molecule has 2 amide bonds. The average Bonchev–Trinajstić information content (AvgIpc) is 3.17. The van der Waals surface area contributed by atoms with Crippen LogP contribution in [0.3, 0.4) is 0 Å². The number of amides is 2. The van der Waals surface area contributed by atoms with Crippen LogP contribution in [0.4, 0.5) is 0 Å². The van der Waals surface area contributed by atoms with Crippen LogP contribution in [0, 0.1) is 5.92 Å². The molecule has 102 valence electrons. The number of hydrogen-bond donors (Lipinski definition) is 1. The summed E-state index contributed by atoms with van der Waals surface area (Å²) in [6.45, 7) is 3.18. The lowest BCUT2D eigenvalue weighted by Gasteiger charge is -2.38. The van der Waals surface area contributed by atoms with E-state index in [1.54, 1.807) is 12.0 Å². The van der Waals surface area contributed by atoms with Crippen molar-refractivity contribution in [1.82, 2.24) is 10.2 Å². The first kappa shape index (κ1) is 13.3. The number of nitrogens with zero attached hydrogens (tertiary/aromatic N) is 1. The zero-order chi connectivity index (χ0) is 13.1. The molecule has 0 aromatic rings. The predicted molar refractivity (Wildman–Crippen MR) is 66.9 cm³/mol. The first-order valence-electron chi connectivity index (χ1n) is 6.78. The van der Waals surface area contributed by atoms with E-state index in [-0.39, 0.29) is 23.9 Å². The molecule has 5 heteroatoms. The van der Waals surface area contributed by atoms with E-state index in [1.165, 1.54) is 0 Å². The van der Waals surface area contributed by atoms with Crippen LogP contribution in [0.5, 0.6) is 0 Å². The molecule has 1 saturated heterocycles. The quantitative estimate of drug-likeness (QED) is 0.704. The third kappa shape index (κ3) is 2.66. The molecule has 2 atom stereocenters. The molecule has 2 unspecified atom stereocenters. The number of nitrogens with one attached hydrogen (secondary N) is 1. The molecule has 1 aliphatic carbocycles. The molecule has 1 saturated carbocycles. The Morgan fingerprint density at radius 1 is 1.39 bits per heavy atom. The second-order valence-electron chi connectivity index (χ2n) is 5.13. The van der Waals surface area contributed by atoms with Crippen molar-refractivity contribution in [3.8, 4) is 0 Å². The smallest absolute Gasteiger partial charge is 0.246 e. The van der Waals surface area contributed by atoms with Crippen molar-refractivity contribution in [1.29, 1.82) is 0 Å². The summed E-state index contributed by atoms with van der Waals surface area (Å²) in [6, 6.07) is -0.577. The fraction of sp³-hybridized carbons (Fsp3) is 0.846. The summed E-state index contributed by atoms with van der Waals surface area (Å²) < 4.78 is 5.01. The Morgan fingerprint density at radius 3 is 2.67 bits per heavy atom. The minimum Gasteiger partial charge on any atom is -0.385 e. The van der Waals surface area contributed by atoms with Gasteiger partial charge in [0.1, 0.15) is 12.1 Å². The van der Waals surface area contributed by atoms with Gasteiger partial charge in [0.2, 0.25) is 11.8 Å². The summed E-state index contributed by atoms with van der Waals surface area (Å²) in [5.41, 5.74) is 0. The third-order valence-electron chi connectivity index (χ3n) is 3.75. The summed E-state index contributed by atoms with van der Waals surface area (Å²) in [5, 5.41) is 2.89. The summed E-state index contributed by atoms with van der Waals surface area (Å²) in [6.07, 6.45) is 3.56. The number of ether oxygens (including phenoxy) is 1. The summed E-state index contributed by atoms with van der Waals surface area (Å²) in [5.74, 6) is 0.468. The van der Waals surface area contributed by atoms with Gasteiger partial charge in [0, 0.05) is 20.3 Å². The fourth-order valence-electron chi connectivity index (χ4n) is 2.59. The maximum Gasteiger partial charge on any atom is 0.246 e. The van der Waals surface area contributed by atoms with E-state index in [4.69, 9.17) is 4.74 Å². The predicted octanol–water partition coefficient (Wildman–Crippen LogP) is 0.539. The van der Waals surface area contributed by atoms with Crippen molar-refractivity contribution < 1.29 is 14.3 Å². The van der Waals surface area contributed by atoms with Gasteiger partial charge in [-0.05, 0) is 31.6 Å². The second-order valence-corrected chi connectivity index (χ2v) is 5.13. The topological polar surface area (TPSA) is 58.6 Å². The molecular weight excluding hydrogens is 232 g/mol. The number of methoxy groups -OCH3 is 1. The molecule has 2 aliphatic rings. The normalized spacial score (nSPS) is 28.4. The van der Waals surface area contributed by atoms with Crippen molar-refractivity contribution in [2.24, 2.45) is 5.92 Å². The van der Waals surface area contributed by atoms with Gasteiger partial charge in [-0.2, -0.15) is 0 Å². The van der Waals surface area contributed by atoms with Crippen LogP contribution in [0.2, 0.25) is 0 Å². The Labute approximate surface area is 108 Å². The number of rotatable bonds is 6. The van der Waals surface area contributed by atoms with Crippen LogP contribution in [0.25, 0.3) is 0 Å². The van der Waals surface area contributed by atoms with Gasteiger partial charge in [-0.25, -0.2) is 0 Å². The molecule has 18 heavy (non-hydrogen) atoms. The van der Waals surface area contributed by atoms with Gasteiger partial charge in [0.05, 0.1) is 0 Å². The number of carbonyl (C=O) groups is 2. The van der Waals surface area contributed by atoms with Gasteiger partial charge in [-0.1, -0.05) is 6.92 Å². The number of carbonyl (C=O) groups excluding carboxylic acids is 2. The Kier molecular flexibility index (Phi) is 4.22. The van der Waals surface area contributed by atoms with Gasteiger partial charge in [0.25, 0.3) is 0 Å². The molecule has 0 aromatic heterocycles. The van der Waals surface area contributed by atoms with E-state index < -0.39 is 0 Å². The SMILES string of the molecule is CCC1C(=O)NC(C2CC2)C(=O)N1CCCOC. The highest BCUT2D eigenvalue weighted by Gasteiger charge is 2.45. The minimum absolute atomic E-state index is 0.00594. The minimum atomic E-state index is -0.302. The summed E-state index contributed by atoms with van der Waals surface area (Å²) in [4.78, 5) is 26.2. The molecule has 0 aromatic carbocycles. The molecule has 0 spiro atoms. The van der Waals surface area contributed by atoms with E-state index >= 15 is 0 Å². The molecular formula is C13H22N2O3. The van der Waals surface area contributed by atoms with Gasteiger partial charge in [0.15, 0.2) is 0 Å². The average molecular weight is 254 g/mol. The van der Waals surface area contributed by atoms with Crippen LogP contribution in [0.1, 0.15) is 32.6 Å². The maximum absolute atomic E-state index is 12.4. The van der Waals surface area contributed by atoms with Crippen LogP contribution in [0.15, 0.2) is 0 Å². The van der Waals surface area contributed by atoms with Gasteiger partial charge < -0.3 is 15.0 Å². The van der Waals surface area contributed by atoms with Gasteiger partial charge >= 0.3 is 0 Å². The summed E-state index contributed by atoms with van der Waals surface area (Å²) in [7, 11) is 1.65. The van der Waals surface area contributed by atoms with Crippen LogP contribution in [-0.2, 0) is 14.3 Å². The molecule has 2 rings (SSSR count). The van der Waals surface area contributed by atoms with Crippen molar-refractivity contribution in [3.05, 3.63) is 0 Å². The lowest BCUT2D eigenvalue weighted by Crippen LogP contribution is -2.64. The first-order valence-corrected chi connectivity index (χ1v) is 6.78. The fourth-order valence-corrected chi connectivity index (χ4v) is 2.59. The molecule has 5 nitrogen and oxygen atoms in total. The highest BCUT2D eigenvalue weighted by atomic mass is 16.5. The molecule has 1 aliphatic heterocycles. The zero-order valence-corrected chi connectivity index (χ0v) is 11.1. The van der Waals surface area contributed by atoms with Crippen LogP contribution in [-0.4, -0.2) is 49.1 Å². The first-order chi connectivity index (χ1) is 8.69. The van der Waals surface area contributed by atoms with E-state index in [0.29, 0.717) is 25.5 Å². The zero-order valence-electron chi connectivity index (χ0n) is 11.1. The van der Waals surface area contributed by atoms with E-state index in [0.717, 1.165) is 19.3 Å².